The van der Waals surface area contributed by atoms with E-state index in [1.54, 1.807) is 12.1 Å². The van der Waals surface area contributed by atoms with E-state index in [0.29, 0.717) is 12.8 Å². The minimum atomic E-state index is -0.911. The SMILES string of the molecule is C=CCOC(=O)[C@H](Cc1ccc(O)cc1)NC(=O)C1(N)CCCC1. The fourth-order valence-electron chi connectivity index (χ4n) is 2.84. The Bertz CT molecular complexity index is 592. The van der Waals surface area contributed by atoms with Crippen LogP contribution in [0.15, 0.2) is 36.9 Å². The quantitative estimate of drug-likeness (QED) is 0.518. The summed E-state index contributed by atoms with van der Waals surface area (Å²) in [6.07, 6.45) is 4.79. The Morgan fingerprint density at radius 2 is 1.96 bits per heavy atom. The molecule has 130 valence electrons. The van der Waals surface area contributed by atoms with E-state index in [0.717, 1.165) is 18.4 Å². The van der Waals surface area contributed by atoms with Crippen molar-refractivity contribution in [2.75, 3.05) is 6.61 Å². The van der Waals surface area contributed by atoms with Crippen molar-refractivity contribution in [3.05, 3.63) is 42.5 Å². The number of phenols is 1. The number of amides is 1. The lowest BCUT2D eigenvalue weighted by Gasteiger charge is -2.26. The van der Waals surface area contributed by atoms with Crippen LogP contribution in [0.25, 0.3) is 0 Å². The number of nitrogens with one attached hydrogen (secondary N) is 1. The second-order valence-electron chi connectivity index (χ2n) is 6.18. The zero-order chi connectivity index (χ0) is 17.6. The molecular weight excluding hydrogens is 308 g/mol. The largest absolute Gasteiger partial charge is 0.508 e. The summed E-state index contributed by atoms with van der Waals surface area (Å²) in [6, 6.07) is 5.63. The predicted octanol–water partition coefficient (Wildman–Crippen LogP) is 1.42. The van der Waals surface area contributed by atoms with Crippen LogP contribution in [0.3, 0.4) is 0 Å². The van der Waals surface area contributed by atoms with Crippen LogP contribution in [-0.2, 0) is 20.7 Å². The summed E-state index contributed by atoms with van der Waals surface area (Å²) in [5.74, 6) is -0.710. The molecule has 0 spiro atoms. The number of esters is 1. The number of nitrogens with two attached hydrogens (primary N) is 1. The average Bonchev–Trinajstić information content (AvgIpc) is 3.02. The van der Waals surface area contributed by atoms with E-state index in [4.69, 9.17) is 10.5 Å². The summed E-state index contributed by atoms with van der Waals surface area (Å²) in [5.41, 5.74) is 6.04. The third-order valence-corrected chi connectivity index (χ3v) is 4.26. The number of benzene rings is 1. The topological polar surface area (TPSA) is 102 Å². The first-order valence-corrected chi connectivity index (χ1v) is 8.10. The molecule has 1 aliphatic carbocycles. The maximum absolute atomic E-state index is 12.5. The van der Waals surface area contributed by atoms with Gasteiger partial charge in [0.15, 0.2) is 0 Å². The van der Waals surface area contributed by atoms with E-state index >= 15 is 0 Å². The Kier molecular flexibility index (Phi) is 5.98. The lowest BCUT2D eigenvalue weighted by atomic mass is 9.96. The first-order chi connectivity index (χ1) is 11.4. The van der Waals surface area contributed by atoms with Crippen molar-refractivity contribution in [2.45, 2.75) is 43.7 Å². The van der Waals surface area contributed by atoms with Crippen LogP contribution >= 0.6 is 0 Å². The maximum atomic E-state index is 12.5. The zero-order valence-electron chi connectivity index (χ0n) is 13.7. The molecule has 1 aliphatic rings. The fourth-order valence-corrected chi connectivity index (χ4v) is 2.84. The van der Waals surface area contributed by atoms with Crippen LogP contribution in [-0.4, -0.2) is 35.2 Å². The van der Waals surface area contributed by atoms with Gasteiger partial charge in [-0.2, -0.15) is 0 Å². The van der Waals surface area contributed by atoms with Crippen LogP contribution in [0.5, 0.6) is 5.75 Å². The zero-order valence-corrected chi connectivity index (χ0v) is 13.7. The summed E-state index contributed by atoms with van der Waals surface area (Å²) < 4.78 is 5.08. The van der Waals surface area contributed by atoms with E-state index < -0.39 is 17.6 Å². The smallest absolute Gasteiger partial charge is 0.329 e. The number of carbonyl (C=O) groups is 2. The second-order valence-corrected chi connectivity index (χ2v) is 6.18. The molecular formula is C18H24N2O4. The Morgan fingerprint density at radius 3 is 2.54 bits per heavy atom. The van der Waals surface area contributed by atoms with Crippen LogP contribution in [0.1, 0.15) is 31.2 Å². The molecule has 0 aliphatic heterocycles. The van der Waals surface area contributed by atoms with E-state index in [2.05, 4.69) is 11.9 Å². The van der Waals surface area contributed by atoms with Gasteiger partial charge in [-0.05, 0) is 30.5 Å². The molecule has 0 bridgehead atoms. The molecule has 1 fully saturated rings. The standard InChI is InChI=1S/C18H24N2O4/c1-2-11-24-16(22)15(12-13-5-7-14(21)8-6-13)20-17(23)18(19)9-3-4-10-18/h2,5-8,15,21H,1,3-4,9-12,19H2,(H,20,23)/t15-/m0/s1. The molecule has 1 aromatic rings. The number of rotatable bonds is 7. The number of aromatic hydroxyl groups is 1. The Hall–Kier alpha value is -2.34. The van der Waals surface area contributed by atoms with Crippen LogP contribution in [0.4, 0.5) is 0 Å². The van der Waals surface area contributed by atoms with Crippen molar-refractivity contribution in [3.8, 4) is 5.75 Å². The van der Waals surface area contributed by atoms with Crippen LogP contribution in [0, 0.1) is 0 Å². The number of phenolic OH excluding ortho intramolecular Hbond substituents is 1. The van der Waals surface area contributed by atoms with Gasteiger partial charge >= 0.3 is 5.97 Å². The van der Waals surface area contributed by atoms with Gasteiger partial charge in [-0.1, -0.05) is 37.6 Å². The first-order valence-electron chi connectivity index (χ1n) is 8.10. The van der Waals surface area contributed by atoms with Gasteiger partial charge in [0.2, 0.25) is 5.91 Å². The highest BCUT2D eigenvalue weighted by atomic mass is 16.5. The van der Waals surface area contributed by atoms with Crippen molar-refractivity contribution in [2.24, 2.45) is 5.73 Å². The van der Waals surface area contributed by atoms with Gasteiger partial charge in [0, 0.05) is 6.42 Å². The molecule has 0 radical (unpaired) electrons. The minimum Gasteiger partial charge on any atom is -0.508 e. The molecule has 0 aromatic heterocycles. The Morgan fingerprint density at radius 1 is 1.33 bits per heavy atom. The van der Waals surface area contributed by atoms with Crippen molar-refractivity contribution in [3.63, 3.8) is 0 Å². The maximum Gasteiger partial charge on any atom is 0.329 e. The molecule has 0 saturated heterocycles. The monoisotopic (exact) mass is 332 g/mol. The molecule has 24 heavy (non-hydrogen) atoms. The number of carbonyl (C=O) groups excluding carboxylic acids is 2. The highest BCUT2D eigenvalue weighted by Gasteiger charge is 2.39. The molecule has 1 aromatic carbocycles. The summed E-state index contributed by atoms with van der Waals surface area (Å²) in [6.45, 7) is 3.59. The molecule has 2 rings (SSSR count). The summed E-state index contributed by atoms with van der Waals surface area (Å²) >= 11 is 0. The number of hydrogen-bond acceptors (Lipinski definition) is 5. The molecule has 1 saturated carbocycles. The van der Waals surface area contributed by atoms with Crippen molar-refractivity contribution in [1.82, 2.24) is 5.32 Å². The van der Waals surface area contributed by atoms with Crippen LogP contribution < -0.4 is 11.1 Å². The van der Waals surface area contributed by atoms with Crippen molar-refractivity contribution >= 4 is 11.9 Å². The Labute approximate surface area is 141 Å². The van der Waals surface area contributed by atoms with E-state index in [-0.39, 0.29) is 24.7 Å². The highest BCUT2D eigenvalue weighted by molar-refractivity contribution is 5.90. The van der Waals surface area contributed by atoms with Crippen LogP contribution in [0.2, 0.25) is 0 Å². The van der Waals surface area contributed by atoms with Gasteiger partial charge in [-0.15, -0.1) is 0 Å². The lowest BCUT2D eigenvalue weighted by Crippen LogP contribution is -2.56. The number of ether oxygens (including phenoxy) is 1. The first kappa shape index (κ1) is 18.0. The predicted molar refractivity (Wildman–Crippen MR) is 90.3 cm³/mol. The number of hydrogen-bond donors (Lipinski definition) is 3. The molecule has 6 heteroatoms. The van der Waals surface area contributed by atoms with Gasteiger partial charge in [-0.3, -0.25) is 4.79 Å². The van der Waals surface area contributed by atoms with E-state index in [1.165, 1.54) is 18.2 Å². The van der Waals surface area contributed by atoms with E-state index in [9.17, 15) is 14.7 Å². The van der Waals surface area contributed by atoms with Gasteiger partial charge in [0.1, 0.15) is 18.4 Å². The third kappa shape index (κ3) is 4.58. The third-order valence-electron chi connectivity index (χ3n) is 4.26. The normalized spacial score (nSPS) is 17.0. The van der Waals surface area contributed by atoms with Gasteiger partial charge in [0.25, 0.3) is 0 Å². The molecule has 4 N–H and O–H groups in total. The van der Waals surface area contributed by atoms with E-state index in [1.807, 2.05) is 0 Å². The molecule has 6 nitrogen and oxygen atoms in total. The molecule has 0 unspecified atom stereocenters. The molecule has 1 amide bonds. The average molecular weight is 332 g/mol. The molecule has 1 atom stereocenters. The molecule has 0 heterocycles. The van der Waals surface area contributed by atoms with Gasteiger partial charge < -0.3 is 20.9 Å². The van der Waals surface area contributed by atoms with Gasteiger partial charge in [-0.25, -0.2) is 4.79 Å². The summed E-state index contributed by atoms with van der Waals surface area (Å²) in [5, 5.41) is 12.1. The second kappa shape index (κ2) is 7.97. The fraction of sp³-hybridized carbons (Fsp3) is 0.444. The summed E-state index contributed by atoms with van der Waals surface area (Å²) in [7, 11) is 0. The highest BCUT2D eigenvalue weighted by Crippen LogP contribution is 2.27. The summed E-state index contributed by atoms with van der Waals surface area (Å²) in [4.78, 5) is 24.7. The van der Waals surface area contributed by atoms with Crippen molar-refractivity contribution in [1.29, 1.82) is 0 Å². The lowest BCUT2D eigenvalue weighted by molar-refractivity contribution is -0.147. The van der Waals surface area contributed by atoms with Crippen molar-refractivity contribution < 1.29 is 19.4 Å². The van der Waals surface area contributed by atoms with Gasteiger partial charge in [0.05, 0.1) is 5.54 Å². The minimum absolute atomic E-state index is 0.0779. The Balaban J connectivity index is 2.09.